The van der Waals surface area contributed by atoms with Crippen LogP contribution in [0.1, 0.15) is 50.7 Å². The van der Waals surface area contributed by atoms with Gasteiger partial charge in [-0.15, -0.1) is 0 Å². The number of aliphatic imine (C=N–C) groups is 1. The number of ketones is 1. The summed E-state index contributed by atoms with van der Waals surface area (Å²) in [6.07, 6.45) is 1.10. The van der Waals surface area contributed by atoms with E-state index < -0.39 is 17.8 Å². The SMILES string of the molecule is CC1=C(C(=O)OCc2ccccc2)C(c2cccc(Cl)c2Cl)C2C(=O)CC(C)(C)CC2=N1. The highest BCUT2D eigenvalue weighted by Gasteiger charge is 2.48. The average Bonchev–Trinajstić information content (AvgIpc) is 2.73. The van der Waals surface area contributed by atoms with Gasteiger partial charge in [-0.2, -0.15) is 0 Å². The Morgan fingerprint density at radius 2 is 1.78 bits per heavy atom. The van der Waals surface area contributed by atoms with Gasteiger partial charge in [0.15, 0.2) is 0 Å². The van der Waals surface area contributed by atoms with Crippen molar-refractivity contribution in [2.75, 3.05) is 0 Å². The molecule has 0 spiro atoms. The van der Waals surface area contributed by atoms with Crippen molar-refractivity contribution in [3.8, 4) is 0 Å². The van der Waals surface area contributed by atoms with Crippen LogP contribution >= 0.6 is 23.2 Å². The van der Waals surface area contributed by atoms with Gasteiger partial charge < -0.3 is 4.74 Å². The van der Waals surface area contributed by atoms with Crippen LogP contribution in [0.5, 0.6) is 0 Å². The molecule has 4 rings (SSSR count). The minimum absolute atomic E-state index is 0.0573. The first kappa shape index (κ1) is 22.8. The number of rotatable bonds is 4. The number of Topliss-reactive ketones (excluding diaryl/α,β-unsaturated/α-hetero) is 1. The van der Waals surface area contributed by atoms with Crippen molar-refractivity contribution in [1.29, 1.82) is 0 Å². The first-order valence-electron chi connectivity index (χ1n) is 10.6. The maximum atomic E-state index is 13.3. The van der Waals surface area contributed by atoms with Gasteiger partial charge in [-0.3, -0.25) is 9.79 Å². The maximum Gasteiger partial charge on any atom is 0.336 e. The predicted octanol–water partition coefficient (Wildman–Crippen LogP) is 6.55. The van der Waals surface area contributed by atoms with E-state index in [4.69, 9.17) is 32.9 Å². The lowest BCUT2D eigenvalue weighted by molar-refractivity contribution is -0.140. The van der Waals surface area contributed by atoms with Crippen LogP contribution in [0.25, 0.3) is 0 Å². The first-order valence-corrected chi connectivity index (χ1v) is 11.4. The second kappa shape index (κ2) is 8.84. The van der Waals surface area contributed by atoms with Crippen molar-refractivity contribution < 1.29 is 14.3 Å². The van der Waals surface area contributed by atoms with Gasteiger partial charge in [-0.25, -0.2) is 4.79 Å². The number of nitrogens with zero attached hydrogens (tertiary/aromatic N) is 1. The van der Waals surface area contributed by atoms with Crippen molar-refractivity contribution in [3.05, 3.63) is 81.0 Å². The number of ether oxygens (including phenoxy) is 1. The molecular weight excluding hydrogens is 445 g/mol. The third kappa shape index (κ3) is 4.39. The average molecular weight is 470 g/mol. The van der Waals surface area contributed by atoms with Crippen LogP contribution in [0.4, 0.5) is 0 Å². The number of benzene rings is 2. The molecule has 0 bridgehead atoms. The van der Waals surface area contributed by atoms with Crippen LogP contribution in [0.2, 0.25) is 10.0 Å². The molecule has 2 aromatic rings. The fraction of sp³-hybridized carbons (Fsp3) is 0.346. The van der Waals surface area contributed by atoms with E-state index in [2.05, 4.69) is 13.8 Å². The highest BCUT2D eigenvalue weighted by molar-refractivity contribution is 6.42. The minimum atomic E-state index is -0.583. The number of hydrogen-bond acceptors (Lipinski definition) is 4. The third-order valence-corrected chi connectivity index (χ3v) is 6.95. The topological polar surface area (TPSA) is 55.7 Å². The number of carbonyl (C=O) groups excluding carboxylic acids is 2. The highest BCUT2D eigenvalue weighted by atomic mass is 35.5. The van der Waals surface area contributed by atoms with Gasteiger partial charge in [0.2, 0.25) is 0 Å². The molecule has 2 atom stereocenters. The van der Waals surface area contributed by atoms with Crippen LogP contribution in [0.3, 0.4) is 0 Å². The summed E-state index contributed by atoms with van der Waals surface area (Å²) in [7, 11) is 0. The summed E-state index contributed by atoms with van der Waals surface area (Å²) in [6, 6.07) is 14.8. The highest BCUT2D eigenvalue weighted by Crippen LogP contribution is 2.49. The van der Waals surface area contributed by atoms with E-state index in [1.807, 2.05) is 36.4 Å². The van der Waals surface area contributed by atoms with Gasteiger partial charge in [0.05, 0.1) is 21.5 Å². The van der Waals surface area contributed by atoms with Crippen molar-refractivity contribution in [2.24, 2.45) is 16.3 Å². The lowest BCUT2D eigenvalue weighted by Gasteiger charge is -2.41. The molecule has 0 amide bonds. The van der Waals surface area contributed by atoms with E-state index in [0.29, 0.717) is 39.7 Å². The molecule has 0 radical (unpaired) electrons. The Kier molecular flexibility index (Phi) is 6.28. The van der Waals surface area contributed by atoms with Gasteiger partial charge in [0.25, 0.3) is 0 Å². The minimum Gasteiger partial charge on any atom is -0.457 e. The van der Waals surface area contributed by atoms with Crippen LogP contribution < -0.4 is 0 Å². The van der Waals surface area contributed by atoms with Crippen LogP contribution in [0.15, 0.2) is 64.8 Å². The normalized spacial score (nSPS) is 22.3. The first-order chi connectivity index (χ1) is 15.2. The van der Waals surface area contributed by atoms with E-state index in [1.54, 1.807) is 19.1 Å². The van der Waals surface area contributed by atoms with E-state index in [9.17, 15) is 9.59 Å². The molecule has 1 aliphatic carbocycles. The number of esters is 1. The van der Waals surface area contributed by atoms with Gasteiger partial charge in [0, 0.05) is 23.7 Å². The lowest BCUT2D eigenvalue weighted by atomic mass is 9.63. The van der Waals surface area contributed by atoms with Crippen molar-refractivity contribution in [2.45, 2.75) is 46.1 Å². The van der Waals surface area contributed by atoms with Gasteiger partial charge >= 0.3 is 5.97 Å². The molecule has 0 saturated heterocycles. The van der Waals surface area contributed by atoms with Crippen molar-refractivity contribution in [1.82, 2.24) is 0 Å². The number of fused-ring (bicyclic) bond motifs is 1. The molecule has 2 unspecified atom stereocenters. The third-order valence-electron chi connectivity index (χ3n) is 6.11. The molecule has 6 heteroatoms. The summed E-state index contributed by atoms with van der Waals surface area (Å²) in [6.45, 7) is 6.05. The molecule has 1 fully saturated rings. The Morgan fingerprint density at radius 3 is 2.50 bits per heavy atom. The Bertz CT molecular complexity index is 1140. The van der Waals surface area contributed by atoms with E-state index in [-0.39, 0.29) is 17.8 Å². The van der Waals surface area contributed by atoms with E-state index in [1.165, 1.54) is 0 Å². The molecule has 32 heavy (non-hydrogen) atoms. The predicted molar refractivity (Wildman–Crippen MR) is 127 cm³/mol. The Labute approximate surface area is 198 Å². The molecule has 2 aliphatic rings. The molecular formula is C26H25Cl2NO3. The quantitative estimate of drug-likeness (QED) is 0.476. The second-order valence-electron chi connectivity index (χ2n) is 9.25. The molecule has 4 nitrogen and oxygen atoms in total. The molecule has 166 valence electrons. The summed E-state index contributed by atoms with van der Waals surface area (Å²) < 4.78 is 5.66. The van der Waals surface area contributed by atoms with Crippen LogP contribution in [-0.2, 0) is 20.9 Å². The zero-order valence-electron chi connectivity index (χ0n) is 18.3. The zero-order chi connectivity index (χ0) is 23.0. The van der Waals surface area contributed by atoms with Crippen LogP contribution in [0, 0.1) is 11.3 Å². The molecule has 0 N–H and O–H groups in total. The number of carbonyl (C=O) groups is 2. The van der Waals surface area contributed by atoms with Crippen molar-refractivity contribution in [3.63, 3.8) is 0 Å². The summed E-state index contributed by atoms with van der Waals surface area (Å²) in [4.78, 5) is 31.4. The fourth-order valence-electron chi connectivity index (χ4n) is 4.76. The molecule has 1 saturated carbocycles. The Morgan fingerprint density at radius 1 is 1.06 bits per heavy atom. The van der Waals surface area contributed by atoms with E-state index in [0.717, 1.165) is 11.3 Å². The Balaban J connectivity index is 1.79. The van der Waals surface area contributed by atoms with Crippen molar-refractivity contribution >= 4 is 40.7 Å². The second-order valence-corrected chi connectivity index (χ2v) is 10.0. The largest absolute Gasteiger partial charge is 0.457 e. The van der Waals surface area contributed by atoms with Gasteiger partial charge in [-0.05, 0) is 36.0 Å². The number of hydrogen-bond donors (Lipinski definition) is 0. The molecule has 1 aliphatic heterocycles. The maximum absolute atomic E-state index is 13.3. The summed E-state index contributed by atoms with van der Waals surface area (Å²) in [5, 5.41) is 0.727. The monoisotopic (exact) mass is 469 g/mol. The Hall–Kier alpha value is -2.43. The molecule has 1 heterocycles. The van der Waals surface area contributed by atoms with Gasteiger partial charge in [-0.1, -0.05) is 79.5 Å². The zero-order valence-corrected chi connectivity index (χ0v) is 19.8. The lowest BCUT2D eigenvalue weighted by Crippen LogP contribution is -2.44. The number of allylic oxidation sites excluding steroid dienone is 1. The smallest absolute Gasteiger partial charge is 0.336 e. The molecule has 0 aromatic heterocycles. The summed E-state index contributed by atoms with van der Waals surface area (Å²) in [5.74, 6) is -1.57. The fourth-order valence-corrected chi connectivity index (χ4v) is 5.18. The standard InChI is InChI=1S/C26H25Cl2NO3/c1-15-21(25(31)32-14-16-8-5-4-6-9-16)22(17-10-7-11-18(27)24(17)28)23-19(29-15)12-26(2,3)13-20(23)30/h4-11,22-23H,12-14H2,1-3H3. The number of halogens is 2. The van der Waals surface area contributed by atoms with Crippen LogP contribution in [-0.4, -0.2) is 17.5 Å². The molecule has 2 aromatic carbocycles. The summed E-state index contributed by atoms with van der Waals surface area (Å²) in [5.41, 5.74) is 3.07. The van der Waals surface area contributed by atoms with E-state index >= 15 is 0 Å². The van der Waals surface area contributed by atoms with Gasteiger partial charge in [0.1, 0.15) is 12.4 Å². The summed E-state index contributed by atoms with van der Waals surface area (Å²) >= 11 is 12.9.